The number of carbonyl (C=O) groups is 1. The number of nitrogens with zero attached hydrogens (tertiary/aromatic N) is 2. The Balaban J connectivity index is 2.71. The van der Waals surface area contributed by atoms with Crippen LogP contribution >= 0.6 is 0 Å². The first-order valence-corrected chi connectivity index (χ1v) is 6.74. The fourth-order valence-electron chi connectivity index (χ4n) is 2.09. The van der Waals surface area contributed by atoms with Gasteiger partial charge in [-0.25, -0.2) is 0 Å². The monoisotopic (exact) mass is 274 g/mol. The summed E-state index contributed by atoms with van der Waals surface area (Å²) in [6.07, 6.45) is 0.411. The topological polar surface area (TPSA) is 82.2 Å². The predicted molar refractivity (Wildman–Crippen MR) is 81.0 cm³/mol. The van der Waals surface area contributed by atoms with E-state index in [1.165, 1.54) is 0 Å². The molecular weight excluding hydrogens is 252 g/mol. The molecule has 0 fully saturated rings. The van der Waals surface area contributed by atoms with Crippen LogP contribution in [0.5, 0.6) is 0 Å². The van der Waals surface area contributed by atoms with E-state index in [9.17, 15) is 4.79 Å². The third kappa shape index (κ3) is 4.56. The minimum atomic E-state index is -0.301. The number of amides is 1. The van der Waals surface area contributed by atoms with Crippen molar-refractivity contribution in [3.8, 4) is 6.07 Å². The van der Waals surface area contributed by atoms with Crippen molar-refractivity contribution in [3.05, 3.63) is 24.3 Å². The highest BCUT2D eigenvalue weighted by Gasteiger charge is 2.23. The Hall–Kier alpha value is -2.06. The maximum Gasteiger partial charge on any atom is 0.241 e. The standard InChI is InChI=1S/C15H22N4O/c1-11(2)19(9-5-8-16)12(3)15(20)18-14-7-4-6-13(17)10-14/h4,6-7,10-12H,5,9,17H2,1-3H3,(H,18,20). The quantitative estimate of drug-likeness (QED) is 0.779. The zero-order valence-electron chi connectivity index (χ0n) is 12.3. The van der Waals surface area contributed by atoms with Gasteiger partial charge in [-0.15, -0.1) is 0 Å². The third-order valence-electron chi connectivity index (χ3n) is 3.18. The largest absolute Gasteiger partial charge is 0.399 e. The summed E-state index contributed by atoms with van der Waals surface area (Å²) in [6, 6.07) is 9.10. The Bertz CT molecular complexity index is 493. The van der Waals surface area contributed by atoms with Gasteiger partial charge >= 0.3 is 0 Å². The summed E-state index contributed by atoms with van der Waals surface area (Å²) in [5.41, 5.74) is 6.98. The Morgan fingerprint density at radius 3 is 2.70 bits per heavy atom. The van der Waals surface area contributed by atoms with Gasteiger partial charge in [0.2, 0.25) is 5.91 Å². The molecule has 1 unspecified atom stereocenters. The Kier molecular flexibility index (Phi) is 6.01. The molecule has 5 nitrogen and oxygen atoms in total. The minimum Gasteiger partial charge on any atom is -0.399 e. The van der Waals surface area contributed by atoms with Crippen molar-refractivity contribution in [3.63, 3.8) is 0 Å². The van der Waals surface area contributed by atoms with Crippen LogP contribution in [0.4, 0.5) is 11.4 Å². The molecule has 0 spiro atoms. The number of rotatable bonds is 6. The lowest BCUT2D eigenvalue weighted by Gasteiger charge is -2.31. The van der Waals surface area contributed by atoms with Gasteiger partial charge in [0.25, 0.3) is 0 Å². The van der Waals surface area contributed by atoms with Gasteiger partial charge in [-0.05, 0) is 39.0 Å². The highest BCUT2D eigenvalue weighted by atomic mass is 16.2. The first-order valence-electron chi connectivity index (χ1n) is 6.74. The Morgan fingerprint density at radius 2 is 2.15 bits per heavy atom. The summed E-state index contributed by atoms with van der Waals surface area (Å²) in [6.45, 7) is 6.46. The number of hydrogen-bond acceptors (Lipinski definition) is 4. The number of hydrogen-bond donors (Lipinski definition) is 2. The van der Waals surface area contributed by atoms with Crippen LogP contribution in [0.2, 0.25) is 0 Å². The molecule has 0 aliphatic rings. The van der Waals surface area contributed by atoms with Gasteiger partial charge in [0, 0.05) is 30.4 Å². The van der Waals surface area contributed by atoms with E-state index in [1.54, 1.807) is 24.3 Å². The van der Waals surface area contributed by atoms with Gasteiger partial charge in [-0.2, -0.15) is 5.26 Å². The van der Waals surface area contributed by atoms with Gasteiger partial charge in [-0.1, -0.05) is 6.07 Å². The number of anilines is 2. The van der Waals surface area contributed by atoms with Gasteiger partial charge in [-0.3, -0.25) is 9.69 Å². The molecule has 1 aromatic rings. The van der Waals surface area contributed by atoms with E-state index < -0.39 is 0 Å². The highest BCUT2D eigenvalue weighted by Crippen LogP contribution is 2.14. The van der Waals surface area contributed by atoms with Crippen LogP contribution in [0, 0.1) is 11.3 Å². The minimum absolute atomic E-state index is 0.0951. The molecule has 1 amide bonds. The van der Waals surface area contributed by atoms with Crippen molar-refractivity contribution < 1.29 is 4.79 Å². The van der Waals surface area contributed by atoms with E-state index >= 15 is 0 Å². The van der Waals surface area contributed by atoms with Gasteiger partial charge < -0.3 is 11.1 Å². The lowest BCUT2D eigenvalue weighted by atomic mass is 10.2. The van der Waals surface area contributed by atoms with Crippen molar-refractivity contribution in [2.24, 2.45) is 0 Å². The molecule has 0 aliphatic carbocycles. The molecule has 0 aliphatic heterocycles. The summed E-state index contributed by atoms with van der Waals surface area (Å²) < 4.78 is 0. The normalized spacial score (nSPS) is 12.2. The molecule has 5 heteroatoms. The molecule has 108 valence electrons. The number of nitrogens with two attached hydrogens (primary N) is 1. The van der Waals surface area contributed by atoms with Crippen LogP contribution in [-0.2, 0) is 4.79 Å². The van der Waals surface area contributed by atoms with E-state index in [0.29, 0.717) is 24.3 Å². The van der Waals surface area contributed by atoms with Gasteiger partial charge in [0.15, 0.2) is 0 Å². The molecular formula is C15H22N4O. The molecule has 0 saturated carbocycles. The van der Waals surface area contributed by atoms with Crippen molar-refractivity contribution in [1.82, 2.24) is 4.90 Å². The average Bonchev–Trinajstić information content (AvgIpc) is 2.38. The van der Waals surface area contributed by atoms with Crippen LogP contribution in [0.15, 0.2) is 24.3 Å². The number of nitriles is 1. The van der Waals surface area contributed by atoms with Crippen molar-refractivity contribution in [2.75, 3.05) is 17.6 Å². The molecule has 0 bridgehead atoms. The summed E-state index contributed by atoms with van der Waals surface area (Å²) in [5, 5.41) is 11.5. The van der Waals surface area contributed by atoms with Crippen LogP contribution in [0.25, 0.3) is 0 Å². The van der Waals surface area contributed by atoms with E-state index in [2.05, 4.69) is 11.4 Å². The molecule has 1 atom stereocenters. The van der Waals surface area contributed by atoms with Crippen molar-refractivity contribution >= 4 is 17.3 Å². The first-order chi connectivity index (χ1) is 9.45. The van der Waals surface area contributed by atoms with Crippen LogP contribution in [0.1, 0.15) is 27.2 Å². The van der Waals surface area contributed by atoms with Gasteiger partial charge in [0.1, 0.15) is 0 Å². The predicted octanol–water partition coefficient (Wildman–Crippen LogP) is 2.22. The summed E-state index contributed by atoms with van der Waals surface area (Å²) >= 11 is 0. The van der Waals surface area contributed by atoms with Crippen LogP contribution in [-0.4, -0.2) is 29.4 Å². The van der Waals surface area contributed by atoms with E-state index in [1.807, 2.05) is 25.7 Å². The number of carbonyl (C=O) groups excluding carboxylic acids is 1. The molecule has 0 radical (unpaired) electrons. The Labute approximate surface area is 120 Å². The lowest BCUT2D eigenvalue weighted by Crippen LogP contribution is -2.46. The maximum absolute atomic E-state index is 12.3. The van der Waals surface area contributed by atoms with E-state index in [-0.39, 0.29) is 18.0 Å². The third-order valence-corrected chi connectivity index (χ3v) is 3.18. The number of nitrogen functional groups attached to an aromatic ring is 1. The fourth-order valence-corrected chi connectivity index (χ4v) is 2.09. The fraction of sp³-hybridized carbons (Fsp3) is 0.467. The molecule has 0 heterocycles. The molecule has 0 aromatic heterocycles. The molecule has 3 N–H and O–H groups in total. The summed E-state index contributed by atoms with van der Waals surface area (Å²) in [5.74, 6) is -0.0951. The van der Waals surface area contributed by atoms with Crippen LogP contribution < -0.4 is 11.1 Å². The summed E-state index contributed by atoms with van der Waals surface area (Å²) in [4.78, 5) is 14.3. The zero-order chi connectivity index (χ0) is 15.1. The highest BCUT2D eigenvalue weighted by molar-refractivity contribution is 5.94. The second kappa shape index (κ2) is 7.51. The second-order valence-electron chi connectivity index (χ2n) is 5.03. The van der Waals surface area contributed by atoms with Gasteiger partial charge in [0.05, 0.1) is 12.1 Å². The average molecular weight is 274 g/mol. The smallest absolute Gasteiger partial charge is 0.241 e. The second-order valence-corrected chi connectivity index (χ2v) is 5.03. The lowest BCUT2D eigenvalue weighted by molar-refractivity contribution is -0.121. The van der Waals surface area contributed by atoms with E-state index in [4.69, 9.17) is 11.0 Å². The summed E-state index contributed by atoms with van der Waals surface area (Å²) in [7, 11) is 0. The molecule has 0 saturated heterocycles. The Morgan fingerprint density at radius 1 is 1.45 bits per heavy atom. The molecule has 1 aromatic carbocycles. The molecule has 1 rings (SSSR count). The molecule has 20 heavy (non-hydrogen) atoms. The number of benzene rings is 1. The number of nitrogens with one attached hydrogen (secondary N) is 1. The van der Waals surface area contributed by atoms with Crippen molar-refractivity contribution in [1.29, 1.82) is 5.26 Å². The maximum atomic E-state index is 12.3. The SMILES string of the molecule is CC(C)N(CCC#N)C(C)C(=O)Nc1cccc(N)c1. The van der Waals surface area contributed by atoms with Crippen molar-refractivity contribution in [2.45, 2.75) is 39.3 Å². The van der Waals surface area contributed by atoms with Crippen LogP contribution in [0.3, 0.4) is 0 Å². The first kappa shape index (κ1) is 16.0. The van der Waals surface area contributed by atoms with E-state index in [0.717, 1.165) is 0 Å². The zero-order valence-corrected chi connectivity index (χ0v) is 12.3.